The lowest BCUT2D eigenvalue weighted by molar-refractivity contribution is 0.603. The Kier molecular flexibility index (Phi) is 4.34. The molecule has 2 aromatic carbocycles. The minimum atomic E-state index is -0.381. The van der Waals surface area contributed by atoms with Gasteiger partial charge in [0, 0.05) is 0 Å². The van der Waals surface area contributed by atoms with Crippen molar-refractivity contribution in [3.05, 3.63) is 70.5 Å². The Morgan fingerprint density at radius 3 is 2.50 bits per heavy atom. The van der Waals surface area contributed by atoms with E-state index in [2.05, 4.69) is 5.32 Å². The molecule has 0 saturated heterocycles. The van der Waals surface area contributed by atoms with Gasteiger partial charge in [0.05, 0.1) is 11.1 Å². The van der Waals surface area contributed by atoms with Gasteiger partial charge in [0.25, 0.3) is 0 Å². The monoisotopic (exact) mass is 263 g/mol. The van der Waals surface area contributed by atoms with Crippen molar-refractivity contribution in [3.8, 4) is 0 Å². The molecular formula is C15H15ClFN. The molecule has 0 aromatic heterocycles. The van der Waals surface area contributed by atoms with Gasteiger partial charge < -0.3 is 5.32 Å². The third kappa shape index (κ3) is 2.71. The summed E-state index contributed by atoms with van der Waals surface area (Å²) in [6.07, 6.45) is 0. The smallest absolute Gasteiger partial charge is 0.142 e. The quantitative estimate of drug-likeness (QED) is 0.873. The number of nitrogens with one attached hydrogen (secondary N) is 1. The number of halogens is 2. The van der Waals surface area contributed by atoms with Gasteiger partial charge in [0.15, 0.2) is 0 Å². The second-order valence-electron chi connectivity index (χ2n) is 4.04. The summed E-state index contributed by atoms with van der Waals surface area (Å²) in [6.45, 7) is 2.80. The molecule has 94 valence electrons. The van der Waals surface area contributed by atoms with Crippen LogP contribution in [0.2, 0.25) is 5.02 Å². The Balaban J connectivity index is 2.45. The van der Waals surface area contributed by atoms with E-state index in [-0.39, 0.29) is 16.9 Å². The Morgan fingerprint density at radius 2 is 1.83 bits per heavy atom. The van der Waals surface area contributed by atoms with Crippen molar-refractivity contribution in [2.24, 2.45) is 0 Å². The van der Waals surface area contributed by atoms with E-state index in [9.17, 15) is 4.39 Å². The zero-order valence-corrected chi connectivity index (χ0v) is 10.9. The van der Waals surface area contributed by atoms with E-state index in [0.717, 1.165) is 17.7 Å². The average Bonchev–Trinajstić information content (AvgIpc) is 2.41. The fraction of sp³-hybridized carbons (Fsp3) is 0.200. The molecule has 0 spiro atoms. The molecule has 0 radical (unpaired) electrons. The molecule has 0 aliphatic carbocycles. The third-order valence-electron chi connectivity index (χ3n) is 2.83. The topological polar surface area (TPSA) is 12.0 Å². The van der Waals surface area contributed by atoms with Crippen LogP contribution in [-0.2, 0) is 0 Å². The van der Waals surface area contributed by atoms with Crippen molar-refractivity contribution >= 4 is 11.6 Å². The molecule has 18 heavy (non-hydrogen) atoms. The van der Waals surface area contributed by atoms with Crippen LogP contribution in [0.15, 0.2) is 48.5 Å². The summed E-state index contributed by atoms with van der Waals surface area (Å²) >= 11 is 6.06. The number of hydrogen-bond donors (Lipinski definition) is 1. The van der Waals surface area contributed by atoms with Crippen LogP contribution >= 0.6 is 11.6 Å². The van der Waals surface area contributed by atoms with Gasteiger partial charge in [-0.15, -0.1) is 0 Å². The van der Waals surface area contributed by atoms with Crippen molar-refractivity contribution in [2.45, 2.75) is 13.0 Å². The summed E-state index contributed by atoms with van der Waals surface area (Å²) in [4.78, 5) is 0. The van der Waals surface area contributed by atoms with Crippen molar-refractivity contribution in [3.63, 3.8) is 0 Å². The summed E-state index contributed by atoms with van der Waals surface area (Å²) in [5, 5.41) is 3.52. The molecular weight excluding hydrogens is 249 g/mol. The normalized spacial score (nSPS) is 12.4. The summed E-state index contributed by atoms with van der Waals surface area (Å²) < 4.78 is 13.5. The first-order valence-corrected chi connectivity index (χ1v) is 6.34. The van der Waals surface area contributed by atoms with E-state index >= 15 is 0 Å². The lowest BCUT2D eigenvalue weighted by atomic mass is 9.98. The molecule has 0 aliphatic heterocycles. The van der Waals surface area contributed by atoms with E-state index in [0.29, 0.717) is 0 Å². The molecule has 1 atom stereocenters. The van der Waals surface area contributed by atoms with E-state index in [1.54, 1.807) is 6.07 Å². The van der Waals surface area contributed by atoms with Crippen LogP contribution < -0.4 is 5.32 Å². The van der Waals surface area contributed by atoms with Gasteiger partial charge >= 0.3 is 0 Å². The highest BCUT2D eigenvalue weighted by atomic mass is 35.5. The van der Waals surface area contributed by atoms with Crippen LogP contribution in [0.25, 0.3) is 0 Å². The molecule has 0 fully saturated rings. The highest BCUT2D eigenvalue weighted by Gasteiger charge is 2.17. The molecule has 0 amide bonds. The molecule has 1 nitrogen and oxygen atoms in total. The second-order valence-corrected chi connectivity index (χ2v) is 4.42. The highest BCUT2D eigenvalue weighted by Crippen LogP contribution is 2.29. The first-order valence-electron chi connectivity index (χ1n) is 5.96. The van der Waals surface area contributed by atoms with Crippen LogP contribution in [-0.4, -0.2) is 6.54 Å². The number of benzene rings is 2. The molecule has 0 aliphatic rings. The fourth-order valence-electron chi connectivity index (χ4n) is 2.00. The second kappa shape index (κ2) is 5.98. The Labute approximate surface area is 112 Å². The minimum absolute atomic E-state index is 0.0839. The Bertz CT molecular complexity index is 513. The molecule has 0 heterocycles. The predicted molar refractivity (Wildman–Crippen MR) is 73.4 cm³/mol. The summed E-state index contributed by atoms with van der Waals surface area (Å²) in [7, 11) is 0. The van der Waals surface area contributed by atoms with Gasteiger partial charge in [-0.3, -0.25) is 0 Å². The minimum Gasteiger partial charge on any atom is -0.306 e. The van der Waals surface area contributed by atoms with Crippen LogP contribution in [0.4, 0.5) is 4.39 Å². The maximum absolute atomic E-state index is 13.5. The van der Waals surface area contributed by atoms with Crippen LogP contribution in [0, 0.1) is 5.82 Å². The molecule has 1 N–H and O–H groups in total. The van der Waals surface area contributed by atoms with Crippen LogP contribution in [0.3, 0.4) is 0 Å². The van der Waals surface area contributed by atoms with Crippen LogP contribution in [0.1, 0.15) is 24.1 Å². The third-order valence-corrected chi connectivity index (χ3v) is 3.23. The zero-order valence-electron chi connectivity index (χ0n) is 10.2. The fourth-order valence-corrected chi connectivity index (χ4v) is 2.24. The lowest BCUT2D eigenvalue weighted by Gasteiger charge is -2.20. The average molecular weight is 264 g/mol. The maximum Gasteiger partial charge on any atom is 0.142 e. The SMILES string of the molecule is CCNC(c1ccccc1)c1cccc(F)c1Cl. The Morgan fingerprint density at radius 1 is 1.11 bits per heavy atom. The molecule has 0 bridgehead atoms. The van der Waals surface area contributed by atoms with Gasteiger partial charge in [-0.25, -0.2) is 4.39 Å². The lowest BCUT2D eigenvalue weighted by Crippen LogP contribution is -2.22. The standard InChI is InChI=1S/C15H15ClFN/c1-2-18-15(11-7-4-3-5-8-11)12-9-6-10-13(17)14(12)16/h3-10,15,18H,2H2,1H3. The molecule has 0 saturated carbocycles. The van der Waals surface area contributed by atoms with Crippen molar-refractivity contribution in [1.29, 1.82) is 0 Å². The summed E-state index contributed by atoms with van der Waals surface area (Å²) in [6, 6.07) is 14.7. The molecule has 2 rings (SSSR count). The van der Waals surface area contributed by atoms with E-state index in [1.807, 2.05) is 43.3 Å². The van der Waals surface area contributed by atoms with Gasteiger partial charge in [0.2, 0.25) is 0 Å². The highest BCUT2D eigenvalue weighted by molar-refractivity contribution is 6.31. The van der Waals surface area contributed by atoms with Gasteiger partial charge in [-0.2, -0.15) is 0 Å². The largest absolute Gasteiger partial charge is 0.306 e. The molecule has 3 heteroatoms. The van der Waals surface area contributed by atoms with Gasteiger partial charge in [-0.05, 0) is 23.7 Å². The zero-order chi connectivity index (χ0) is 13.0. The molecule has 2 aromatic rings. The first kappa shape index (κ1) is 13.1. The first-order chi connectivity index (χ1) is 8.74. The molecule has 1 unspecified atom stereocenters. The summed E-state index contributed by atoms with van der Waals surface area (Å²) in [5.74, 6) is -0.381. The van der Waals surface area contributed by atoms with E-state index < -0.39 is 0 Å². The number of rotatable bonds is 4. The van der Waals surface area contributed by atoms with Gasteiger partial charge in [-0.1, -0.05) is 61.0 Å². The van der Waals surface area contributed by atoms with Gasteiger partial charge in [0.1, 0.15) is 5.82 Å². The van der Waals surface area contributed by atoms with Crippen molar-refractivity contribution < 1.29 is 4.39 Å². The Hall–Kier alpha value is -1.38. The van der Waals surface area contributed by atoms with E-state index in [4.69, 9.17) is 11.6 Å². The van der Waals surface area contributed by atoms with E-state index in [1.165, 1.54) is 6.07 Å². The van der Waals surface area contributed by atoms with Crippen molar-refractivity contribution in [2.75, 3.05) is 6.54 Å². The predicted octanol–water partition coefficient (Wildman–Crippen LogP) is 4.18. The van der Waals surface area contributed by atoms with Crippen molar-refractivity contribution in [1.82, 2.24) is 5.32 Å². The summed E-state index contributed by atoms with van der Waals surface area (Å²) in [5.41, 5.74) is 1.84. The maximum atomic E-state index is 13.5. The number of hydrogen-bond acceptors (Lipinski definition) is 1. The van der Waals surface area contributed by atoms with Crippen LogP contribution in [0.5, 0.6) is 0 Å².